The number of aliphatic hydroxyl groups excluding tert-OH is 1. The van der Waals surface area contributed by atoms with Gasteiger partial charge in [0.25, 0.3) is 0 Å². The molecule has 3 nitrogen and oxygen atoms in total. The third kappa shape index (κ3) is 1.75. The average molecular weight is 166 g/mol. The molecule has 12 heavy (non-hydrogen) atoms. The van der Waals surface area contributed by atoms with Crippen LogP contribution in [0.5, 0.6) is 0 Å². The van der Waals surface area contributed by atoms with Crippen molar-refractivity contribution in [2.24, 2.45) is 5.73 Å². The first-order valence-electron chi connectivity index (χ1n) is 3.87. The van der Waals surface area contributed by atoms with E-state index in [4.69, 9.17) is 16.6 Å². The molecule has 0 aromatic heterocycles. The average Bonchev–Trinajstić information content (AvgIpc) is 2.08. The predicted molar refractivity (Wildman–Crippen MR) is 49.6 cm³/mol. The highest BCUT2D eigenvalue weighted by Crippen LogP contribution is 2.16. The number of aliphatic hydroxyl groups is 1. The van der Waals surface area contributed by atoms with E-state index in [-0.39, 0.29) is 12.6 Å². The molecule has 66 valence electrons. The molecule has 0 bridgehead atoms. The number of aryl methyl sites for hydroxylation is 1. The van der Waals surface area contributed by atoms with E-state index < -0.39 is 0 Å². The van der Waals surface area contributed by atoms with Crippen molar-refractivity contribution in [2.45, 2.75) is 13.0 Å². The molecule has 1 rings (SSSR count). The number of benzene rings is 1. The first-order chi connectivity index (χ1) is 5.65. The summed E-state index contributed by atoms with van der Waals surface area (Å²) in [5.74, 6) is 0. The van der Waals surface area contributed by atoms with Crippen molar-refractivity contribution in [1.29, 1.82) is 0 Å². The SMILES string of the molecule is Cc1ccc(C(N)CO)cc1N. The van der Waals surface area contributed by atoms with Crippen LogP contribution in [0, 0.1) is 6.92 Å². The molecule has 1 unspecified atom stereocenters. The number of hydrogen-bond donors (Lipinski definition) is 3. The van der Waals surface area contributed by atoms with Gasteiger partial charge < -0.3 is 16.6 Å². The topological polar surface area (TPSA) is 72.3 Å². The van der Waals surface area contributed by atoms with Gasteiger partial charge in [-0.2, -0.15) is 0 Å². The lowest BCUT2D eigenvalue weighted by Gasteiger charge is -2.09. The van der Waals surface area contributed by atoms with Gasteiger partial charge in [-0.15, -0.1) is 0 Å². The minimum Gasteiger partial charge on any atom is -0.399 e. The minimum absolute atomic E-state index is 0.0531. The largest absolute Gasteiger partial charge is 0.399 e. The van der Waals surface area contributed by atoms with Crippen LogP contribution >= 0.6 is 0 Å². The Morgan fingerprint density at radius 3 is 2.67 bits per heavy atom. The lowest BCUT2D eigenvalue weighted by Crippen LogP contribution is -2.14. The maximum atomic E-state index is 8.78. The molecule has 0 fully saturated rings. The van der Waals surface area contributed by atoms with E-state index in [0.717, 1.165) is 16.8 Å². The van der Waals surface area contributed by atoms with Gasteiger partial charge in [0.1, 0.15) is 0 Å². The fourth-order valence-electron chi connectivity index (χ4n) is 0.995. The second kappa shape index (κ2) is 3.56. The zero-order valence-corrected chi connectivity index (χ0v) is 7.12. The predicted octanol–water partition coefficient (Wildman–Crippen LogP) is 0.569. The molecule has 1 aromatic rings. The van der Waals surface area contributed by atoms with Gasteiger partial charge in [0.15, 0.2) is 0 Å². The number of anilines is 1. The van der Waals surface area contributed by atoms with E-state index in [9.17, 15) is 0 Å². The first kappa shape index (κ1) is 9.03. The van der Waals surface area contributed by atoms with Crippen molar-refractivity contribution in [1.82, 2.24) is 0 Å². The van der Waals surface area contributed by atoms with Gasteiger partial charge in [-0.1, -0.05) is 12.1 Å². The Labute approximate surface area is 72.0 Å². The zero-order valence-electron chi connectivity index (χ0n) is 7.12. The Balaban J connectivity index is 2.96. The Bertz CT molecular complexity index is 273. The number of nitrogens with two attached hydrogens (primary N) is 2. The second-order valence-electron chi connectivity index (χ2n) is 2.91. The molecule has 0 saturated carbocycles. The van der Waals surface area contributed by atoms with Gasteiger partial charge in [0.2, 0.25) is 0 Å². The number of hydrogen-bond acceptors (Lipinski definition) is 3. The highest BCUT2D eigenvalue weighted by Gasteiger charge is 2.04. The van der Waals surface area contributed by atoms with Crippen LogP contribution in [0.3, 0.4) is 0 Å². The van der Waals surface area contributed by atoms with Crippen LogP contribution in [0.4, 0.5) is 5.69 Å². The Morgan fingerprint density at radius 2 is 2.17 bits per heavy atom. The van der Waals surface area contributed by atoms with Crippen molar-refractivity contribution < 1.29 is 5.11 Å². The number of nitrogen functional groups attached to an aromatic ring is 1. The quantitative estimate of drug-likeness (QED) is 0.562. The molecular weight excluding hydrogens is 152 g/mol. The van der Waals surface area contributed by atoms with Gasteiger partial charge in [0, 0.05) is 5.69 Å². The molecule has 1 atom stereocenters. The van der Waals surface area contributed by atoms with Crippen molar-refractivity contribution >= 4 is 5.69 Å². The fraction of sp³-hybridized carbons (Fsp3) is 0.333. The van der Waals surface area contributed by atoms with E-state index in [0.29, 0.717) is 0 Å². The Morgan fingerprint density at radius 1 is 1.50 bits per heavy atom. The van der Waals surface area contributed by atoms with Crippen LogP contribution in [-0.2, 0) is 0 Å². The molecule has 3 heteroatoms. The summed E-state index contributed by atoms with van der Waals surface area (Å²) < 4.78 is 0. The second-order valence-corrected chi connectivity index (χ2v) is 2.91. The van der Waals surface area contributed by atoms with E-state index >= 15 is 0 Å². The van der Waals surface area contributed by atoms with Crippen LogP contribution in [0.1, 0.15) is 17.2 Å². The molecule has 0 spiro atoms. The Kier molecular flexibility index (Phi) is 2.68. The summed E-state index contributed by atoms with van der Waals surface area (Å²) in [6.45, 7) is 1.88. The van der Waals surface area contributed by atoms with E-state index in [1.165, 1.54) is 0 Å². The van der Waals surface area contributed by atoms with E-state index in [1.54, 1.807) is 6.07 Å². The van der Waals surface area contributed by atoms with Crippen molar-refractivity contribution in [3.05, 3.63) is 29.3 Å². The molecule has 0 aliphatic rings. The maximum Gasteiger partial charge on any atom is 0.0624 e. The Hall–Kier alpha value is -1.06. The van der Waals surface area contributed by atoms with Gasteiger partial charge in [-0.25, -0.2) is 0 Å². The van der Waals surface area contributed by atoms with Gasteiger partial charge in [-0.3, -0.25) is 0 Å². The summed E-state index contributed by atoms with van der Waals surface area (Å²) in [4.78, 5) is 0. The molecule has 5 N–H and O–H groups in total. The van der Waals surface area contributed by atoms with Crippen LogP contribution in [-0.4, -0.2) is 11.7 Å². The third-order valence-electron chi connectivity index (χ3n) is 1.93. The first-order valence-corrected chi connectivity index (χ1v) is 3.87. The lowest BCUT2D eigenvalue weighted by molar-refractivity contribution is 0.268. The summed E-state index contributed by atoms with van der Waals surface area (Å²) in [5, 5.41) is 8.78. The van der Waals surface area contributed by atoms with Crippen molar-refractivity contribution in [2.75, 3.05) is 12.3 Å². The van der Waals surface area contributed by atoms with Crippen LogP contribution in [0.25, 0.3) is 0 Å². The summed E-state index contributed by atoms with van der Waals surface area (Å²) >= 11 is 0. The van der Waals surface area contributed by atoms with Crippen molar-refractivity contribution in [3.8, 4) is 0 Å². The summed E-state index contributed by atoms with van der Waals surface area (Å²) in [6, 6.07) is 5.26. The van der Waals surface area contributed by atoms with Gasteiger partial charge in [-0.05, 0) is 24.1 Å². The molecule has 0 aliphatic heterocycles. The van der Waals surface area contributed by atoms with E-state index in [1.807, 2.05) is 19.1 Å². The molecule has 0 saturated heterocycles. The van der Waals surface area contributed by atoms with Crippen molar-refractivity contribution in [3.63, 3.8) is 0 Å². The molecular formula is C9H14N2O. The highest BCUT2D eigenvalue weighted by atomic mass is 16.3. The summed E-state index contributed by atoms with van der Waals surface area (Å²) in [6.07, 6.45) is 0. The summed E-state index contributed by atoms with van der Waals surface area (Å²) in [7, 11) is 0. The molecule has 0 heterocycles. The summed E-state index contributed by atoms with van der Waals surface area (Å²) in [5.41, 5.74) is 13.9. The molecule has 0 aliphatic carbocycles. The zero-order chi connectivity index (χ0) is 9.14. The third-order valence-corrected chi connectivity index (χ3v) is 1.93. The fourth-order valence-corrected chi connectivity index (χ4v) is 0.995. The number of rotatable bonds is 2. The maximum absolute atomic E-state index is 8.78. The van der Waals surface area contributed by atoms with Crippen LogP contribution in [0.15, 0.2) is 18.2 Å². The monoisotopic (exact) mass is 166 g/mol. The van der Waals surface area contributed by atoms with Gasteiger partial charge in [0.05, 0.1) is 12.6 Å². The molecule has 1 aromatic carbocycles. The normalized spacial score (nSPS) is 12.9. The van der Waals surface area contributed by atoms with E-state index in [2.05, 4.69) is 0 Å². The molecule has 0 amide bonds. The van der Waals surface area contributed by atoms with Crippen LogP contribution in [0.2, 0.25) is 0 Å². The van der Waals surface area contributed by atoms with Crippen LogP contribution < -0.4 is 11.5 Å². The smallest absolute Gasteiger partial charge is 0.0624 e. The standard InChI is InChI=1S/C9H14N2O/c1-6-2-3-7(4-8(6)10)9(11)5-12/h2-4,9,12H,5,10-11H2,1H3. The minimum atomic E-state index is -0.326. The molecule has 0 radical (unpaired) electrons. The van der Waals surface area contributed by atoms with Gasteiger partial charge >= 0.3 is 0 Å². The lowest BCUT2D eigenvalue weighted by atomic mass is 10.1. The highest BCUT2D eigenvalue weighted by molar-refractivity contribution is 5.48.